The van der Waals surface area contributed by atoms with E-state index < -0.39 is 11.2 Å². The molecule has 2 N–H and O–H groups in total. The zero-order valence-electron chi connectivity index (χ0n) is 10.7. The highest BCUT2D eigenvalue weighted by Crippen LogP contribution is 2.28. The van der Waals surface area contributed by atoms with Crippen molar-refractivity contribution in [1.82, 2.24) is 0 Å². The number of benzene rings is 1. The molecule has 1 aromatic rings. The minimum Gasteiger partial charge on any atom is -0.611 e. The molecule has 0 saturated heterocycles. The van der Waals surface area contributed by atoms with Crippen molar-refractivity contribution in [2.45, 2.75) is 30.6 Å². The van der Waals surface area contributed by atoms with Gasteiger partial charge in [0.25, 0.3) is 0 Å². The van der Waals surface area contributed by atoms with Crippen molar-refractivity contribution in [3.8, 4) is 0 Å². The third-order valence-electron chi connectivity index (χ3n) is 3.43. The van der Waals surface area contributed by atoms with Gasteiger partial charge in [-0.25, -0.2) is 0 Å². The Morgan fingerprint density at radius 2 is 2.11 bits per heavy atom. The summed E-state index contributed by atoms with van der Waals surface area (Å²) >= 11 is -0.854. The molecule has 18 heavy (non-hydrogen) atoms. The first kappa shape index (κ1) is 13.7. The van der Waals surface area contributed by atoms with E-state index in [-0.39, 0.29) is 0 Å². The average molecular weight is 263 g/mol. The first-order valence-corrected chi connectivity index (χ1v) is 7.96. The van der Waals surface area contributed by atoms with E-state index in [9.17, 15) is 4.55 Å². The number of hydrogen-bond donors (Lipinski definition) is 1. The summed E-state index contributed by atoms with van der Waals surface area (Å²) in [6.45, 7) is 0.537. The molecule has 0 radical (unpaired) electrons. The fraction of sp³-hybridized carbons (Fsp3) is 0.467. The van der Waals surface area contributed by atoms with E-state index >= 15 is 0 Å². The van der Waals surface area contributed by atoms with E-state index in [1.807, 2.05) is 36.4 Å². The summed E-state index contributed by atoms with van der Waals surface area (Å²) in [6.07, 6.45) is 9.01. The van der Waals surface area contributed by atoms with Crippen LogP contribution in [0.3, 0.4) is 0 Å². The van der Waals surface area contributed by atoms with Crippen molar-refractivity contribution in [3.05, 3.63) is 35.9 Å². The van der Waals surface area contributed by atoms with Crippen LogP contribution < -0.4 is 5.73 Å². The van der Waals surface area contributed by atoms with Crippen LogP contribution in [0.4, 0.5) is 0 Å². The van der Waals surface area contributed by atoms with Gasteiger partial charge in [0.2, 0.25) is 0 Å². The van der Waals surface area contributed by atoms with Crippen LogP contribution in [0, 0.1) is 5.92 Å². The normalized spacial score (nSPS) is 18.6. The first-order chi connectivity index (χ1) is 8.79. The maximum Gasteiger partial charge on any atom is 0.153 e. The molecular weight excluding hydrogens is 242 g/mol. The van der Waals surface area contributed by atoms with Gasteiger partial charge < -0.3 is 10.3 Å². The highest BCUT2D eigenvalue weighted by atomic mass is 32.2. The van der Waals surface area contributed by atoms with Gasteiger partial charge in [0.1, 0.15) is 5.75 Å². The fourth-order valence-electron chi connectivity index (χ4n) is 2.45. The van der Waals surface area contributed by atoms with Gasteiger partial charge in [-0.05, 0) is 35.6 Å². The van der Waals surface area contributed by atoms with Crippen LogP contribution in [-0.2, 0) is 11.2 Å². The largest absolute Gasteiger partial charge is 0.611 e. The SMILES string of the molecule is NC/C=C/c1cccc([S+]([O-])CC2CCCC2)c1. The first-order valence-electron chi connectivity index (χ1n) is 6.64. The predicted octanol–water partition coefficient (Wildman–Crippen LogP) is 2.96. The Bertz CT molecular complexity index is 399. The van der Waals surface area contributed by atoms with Gasteiger partial charge in [-0.15, -0.1) is 0 Å². The van der Waals surface area contributed by atoms with E-state index in [1.165, 1.54) is 25.7 Å². The van der Waals surface area contributed by atoms with Crippen LogP contribution in [0.1, 0.15) is 31.2 Å². The summed E-state index contributed by atoms with van der Waals surface area (Å²) in [5.41, 5.74) is 6.52. The molecule has 0 bridgehead atoms. The molecular formula is C15H21NOS. The second kappa shape index (κ2) is 6.98. The van der Waals surface area contributed by atoms with E-state index in [2.05, 4.69) is 0 Å². The van der Waals surface area contributed by atoms with E-state index in [0.717, 1.165) is 16.2 Å². The molecule has 2 rings (SSSR count). The molecule has 1 fully saturated rings. The molecule has 1 aliphatic carbocycles. The van der Waals surface area contributed by atoms with Crippen molar-refractivity contribution in [3.63, 3.8) is 0 Å². The topological polar surface area (TPSA) is 49.1 Å². The summed E-state index contributed by atoms with van der Waals surface area (Å²) in [5.74, 6) is 1.48. The molecule has 0 spiro atoms. The van der Waals surface area contributed by atoms with Crippen LogP contribution in [0.25, 0.3) is 6.08 Å². The monoisotopic (exact) mass is 263 g/mol. The number of nitrogens with two attached hydrogens (primary N) is 1. The maximum absolute atomic E-state index is 12.3. The van der Waals surface area contributed by atoms with Crippen molar-refractivity contribution >= 4 is 17.3 Å². The maximum atomic E-state index is 12.3. The van der Waals surface area contributed by atoms with Crippen molar-refractivity contribution in [1.29, 1.82) is 0 Å². The molecule has 3 heteroatoms. The molecule has 1 saturated carbocycles. The third kappa shape index (κ3) is 3.87. The van der Waals surface area contributed by atoms with Gasteiger partial charge in [-0.2, -0.15) is 0 Å². The summed E-state index contributed by atoms with van der Waals surface area (Å²) in [7, 11) is 0. The van der Waals surface area contributed by atoms with E-state index in [1.54, 1.807) is 0 Å². The highest BCUT2D eigenvalue weighted by molar-refractivity contribution is 7.91. The predicted molar refractivity (Wildman–Crippen MR) is 77.8 cm³/mol. The summed E-state index contributed by atoms with van der Waals surface area (Å²) in [5, 5.41) is 0. The molecule has 0 amide bonds. The Labute approximate surface area is 112 Å². The lowest BCUT2D eigenvalue weighted by molar-refractivity contribution is 0.558. The Hall–Kier alpha value is -0.770. The zero-order chi connectivity index (χ0) is 12.8. The second-order valence-corrected chi connectivity index (χ2v) is 6.37. The van der Waals surface area contributed by atoms with E-state index in [4.69, 9.17) is 5.73 Å². The van der Waals surface area contributed by atoms with Crippen LogP contribution in [0.2, 0.25) is 0 Å². The summed E-state index contributed by atoms with van der Waals surface area (Å²) in [4.78, 5) is 0.945. The quantitative estimate of drug-likeness (QED) is 0.830. The molecule has 0 aliphatic heterocycles. The molecule has 0 heterocycles. The number of hydrogen-bond acceptors (Lipinski definition) is 2. The highest BCUT2D eigenvalue weighted by Gasteiger charge is 2.22. The Kier molecular flexibility index (Phi) is 5.29. The van der Waals surface area contributed by atoms with Gasteiger partial charge in [0.15, 0.2) is 4.90 Å². The van der Waals surface area contributed by atoms with Crippen molar-refractivity contribution < 1.29 is 4.55 Å². The van der Waals surface area contributed by atoms with Crippen molar-refractivity contribution in [2.24, 2.45) is 11.7 Å². The molecule has 0 aromatic heterocycles. The Balaban J connectivity index is 2.00. The van der Waals surface area contributed by atoms with Gasteiger partial charge in [0, 0.05) is 18.5 Å². The van der Waals surface area contributed by atoms with Crippen LogP contribution >= 0.6 is 0 Å². The van der Waals surface area contributed by atoms with Crippen LogP contribution in [0.5, 0.6) is 0 Å². The molecule has 2 nitrogen and oxygen atoms in total. The smallest absolute Gasteiger partial charge is 0.153 e. The van der Waals surface area contributed by atoms with Gasteiger partial charge >= 0.3 is 0 Å². The van der Waals surface area contributed by atoms with Gasteiger partial charge in [-0.1, -0.05) is 37.1 Å². The minimum atomic E-state index is -0.854. The van der Waals surface area contributed by atoms with Crippen LogP contribution in [-0.4, -0.2) is 16.9 Å². The Morgan fingerprint density at radius 1 is 1.33 bits per heavy atom. The molecule has 1 unspecified atom stereocenters. The summed E-state index contributed by atoms with van der Waals surface area (Å²) in [6, 6.07) is 7.96. The number of rotatable bonds is 5. The molecule has 1 atom stereocenters. The van der Waals surface area contributed by atoms with Gasteiger partial charge in [0.05, 0.1) is 0 Å². The van der Waals surface area contributed by atoms with E-state index in [0.29, 0.717) is 12.5 Å². The summed E-state index contributed by atoms with van der Waals surface area (Å²) < 4.78 is 12.3. The van der Waals surface area contributed by atoms with Crippen molar-refractivity contribution in [2.75, 3.05) is 12.3 Å². The minimum absolute atomic E-state index is 0.537. The third-order valence-corrected chi connectivity index (χ3v) is 4.98. The molecule has 1 aromatic carbocycles. The standard InChI is InChI=1S/C15H21NOS/c16-10-4-8-13-7-3-9-15(11-13)18(17)12-14-5-1-2-6-14/h3-4,7-9,11,14H,1-2,5-6,10,12,16H2/b8-4+. The molecule has 98 valence electrons. The lowest BCUT2D eigenvalue weighted by Crippen LogP contribution is -2.14. The second-order valence-electron chi connectivity index (χ2n) is 4.87. The molecule has 1 aliphatic rings. The average Bonchev–Trinajstić information content (AvgIpc) is 2.89. The lowest BCUT2D eigenvalue weighted by Gasteiger charge is -2.14. The van der Waals surface area contributed by atoms with Crippen LogP contribution in [0.15, 0.2) is 35.2 Å². The fourth-order valence-corrected chi connectivity index (χ4v) is 3.90. The Morgan fingerprint density at radius 3 is 2.83 bits per heavy atom. The zero-order valence-corrected chi connectivity index (χ0v) is 11.5. The lowest BCUT2D eigenvalue weighted by atomic mass is 10.1. The van der Waals surface area contributed by atoms with Gasteiger partial charge in [-0.3, -0.25) is 0 Å².